The Morgan fingerprint density at radius 2 is 2.10 bits per heavy atom. The van der Waals surface area contributed by atoms with Gasteiger partial charge in [-0.05, 0) is 5.56 Å². The van der Waals surface area contributed by atoms with Crippen LogP contribution in [-0.4, -0.2) is 25.0 Å². The van der Waals surface area contributed by atoms with Gasteiger partial charge < -0.3 is 10.7 Å². The number of anilines is 1. The molecule has 0 bridgehead atoms. The van der Waals surface area contributed by atoms with Gasteiger partial charge in [-0.1, -0.05) is 47.7 Å². The van der Waals surface area contributed by atoms with Gasteiger partial charge in [0.15, 0.2) is 5.95 Å². The molecule has 0 spiro atoms. The minimum absolute atomic E-state index is 0.420. The Balaban J connectivity index is 1.59. The molecule has 1 aromatic carbocycles. The van der Waals surface area contributed by atoms with Crippen molar-refractivity contribution in [3.63, 3.8) is 0 Å². The molecule has 6 heteroatoms. The van der Waals surface area contributed by atoms with Crippen molar-refractivity contribution in [1.29, 1.82) is 0 Å². The number of rotatable bonds is 5. The van der Waals surface area contributed by atoms with Gasteiger partial charge in [-0.15, -0.1) is 5.10 Å². The number of nitrogens with two attached hydrogens (primary N) is 1. The van der Waals surface area contributed by atoms with Crippen LogP contribution in [0, 0.1) is 0 Å². The monoisotopic (exact) mass is 280 g/mol. The van der Waals surface area contributed by atoms with E-state index in [9.17, 15) is 0 Å². The van der Waals surface area contributed by atoms with E-state index in [4.69, 9.17) is 5.73 Å². The van der Waals surface area contributed by atoms with Crippen LogP contribution in [0.1, 0.15) is 17.0 Å². The first-order valence-corrected chi connectivity index (χ1v) is 6.69. The van der Waals surface area contributed by atoms with Gasteiger partial charge in [0.25, 0.3) is 0 Å². The molecule has 0 saturated heterocycles. The molecule has 0 unspecified atom stereocenters. The first kappa shape index (κ1) is 13.1. The van der Waals surface area contributed by atoms with Crippen molar-refractivity contribution >= 4 is 12.0 Å². The summed E-state index contributed by atoms with van der Waals surface area (Å²) in [4.78, 5) is 6.93. The average molecular weight is 280 g/mol. The maximum Gasteiger partial charge on any atom is 0.197 e. The summed E-state index contributed by atoms with van der Waals surface area (Å²) in [5, 5.41) is 8.24. The zero-order chi connectivity index (χ0) is 14.5. The number of allylic oxidation sites excluding steroid dienone is 1. The summed E-state index contributed by atoms with van der Waals surface area (Å²) in [5.41, 5.74) is 8.52. The number of nitrogens with one attached hydrogen (secondary N) is 1. The van der Waals surface area contributed by atoms with E-state index >= 15 is 0 Å². The molecule has 0 aliphatic carbocycles. The van der Waals surface area contributed by atoms with Crippen LogP contribution >= 0.6 is 0 Å². The molecule has 3 rings (SSSR count). The fourth-order valence-electron chi connectivity index (χ4n) is 2.03. The van der Waals surface area contributed by atoms with Crippen LogP contribution < -0.4 is 5.73 Å². The summed E-state index contributed by atoms with van der Waals surface area (Å²) in [6.45, 7) is 0.688. The second-order valence-electron chi connectivity index (χ2n) is 4.72. The predicted molar refractivity (Wildman–Crippen MR) is 81.3 cm³/mol. The number of nitrogens with zero attached hydrogens (tertiary/aromatic N) is 4. The summed E-state index contributed by atoms with van der Waals surface area (Å²) in [7, 11) is 0. The van der Waals surface area contributed by atoms with Crippen molar-refractivity contribution in [3.8, 4) is 0 Å². The molecule has 0 amide bonds. The molecule has 0 saturated carbocycles. The van der Waals surface area contributed by atoms with Gasteiger partial charge in [0, 0.05) is 18.3 Å². The fraction of sp³-hybridized carbons (Fsp3) is 0.133. The van der Waals surface area contributed by atoms with Crippen molar-refractivity contribution in [1.82, 2.24) is 25.0 Å². The number of hydrogen-bond donors (Lipinski definition) is 2. The largest absolute Gasteiger partial charge is 0.369 e. The Morgan fingerprint density at radius 3 is 2.86 bits per heavy atom. The highest BCUT2D eigenvalue weighted by Gasteiger charge is 2.03. The molecule has 21 heavy (non-hydrogen) atoms. The Kier molecular flexibility index (Phi) is 3.77. The molecule has 0 radical (unpaired) electrons. The van der Waals surface area contributed by atoms with E-state index in [0.29, 0.717) is 18.9 Å². The summed E-state index contributed by atoms with van der Waals surface area (Å²) >= 11 is 0. The number of nitrogen functional groups attached to an aromatic ring is 1. The molecule has 0 atom stereocenters. The fourth-order valence-corrected chi connectivity index (χ4v) is 2.03. The van der Waals surface area contributed by atoms with Crippen LogP contribution in [-0.2, 0) is 13.0 Å². The molecule has 3 aromatic rings. The summed E-state index contributed by atoms with van der Waals surface area (Å²) in [5.74, 6) is 0.420. The zero-order valence-electron chi connectivity index (χ0n) is 11.5. The maximum atomic E-state index is 5.54. The Morgan fingerprint density at radius 1 is 1.24 bits per heavy atom. The predicted octanol–water partition coefficient (Wildman–Crippen LogP) is 1.89. The number of H-pyrrole nitrogens is 1. The lowest BCUT2D eigenvalue weighted by Crippen LogP contribution is -1.95. The van der Waals surface area contributed by atoms with Crippen LogP contribution in [0.5, 0.6) is 0 Å². The third kappa shape index (κ3) is 3.56. The van der Waals surface area contributed by atoms with E-state index < -0.39 is 0 Å². The number of hydrogen-bond acceptors (Lipinski definition) is 4. The van der Waals surface area contributed by atoms with Gasteiger partial charge in [0.1, 0.15) is 0 Å². The molecule has 0 aliphatic heterocycles. The van der Waals surface area contributed by atoms with Crippen LogP contribution in [0.4, 0.5) is 5.95 Å². The Labute approximate surface area is 122 Å². The molecule has 106 valence electrons. The molecule has 3 N–H and O–H groups in total. The topological polar surface area (TPSA) is 85.4 Å². The van der Waals surface area contributed by atoms with Crippen molar-refractivity contribution in [2.75, 3.05) is 5.73 Å². The van der Waals surface area contributed by atoms with Gasteiger partial charge in [0.2, 0.25) is 0 Å². The number of aromatic amines is 1. The normalized spacial score (nSPS) is 11.2. The quantitative estimate of drug-likeness (QED) is 0.747. The smallest absolute Gasteiger partial charge is 0.197 e. The molecule has 0 fully saturated rings. The van der Waals surface area contributed by atoms with Gasteiger partial charge in [-0.25, -0.2) is 9.67 Å². The summed E-state index contributed by atoms with van der Waals surface area (Å²) < 4.78 is 1.80. The third-order valence-electron chi connectivity index (χ3n) is 3.01. The minimum atomic E-state index is 0.420. The van der Waals surface area contributed by atoms with Crippen molar-refractivity contribution < 1.29 is 0 Å². The van der Waals surface area contributed by atoms with E-state index in [-0.39, 0.29) is 0 Å². The number of aromatic nitrogens is 5. The lowest BCUT2D eigenvalue weighted by molar-refractivity contribution is 0.662. The highest BCUT2D eigenvalue weighted by Crippen LogP contribution is 2.06. The van der Waals surface area contributed by atoms with Crippen LogP contribution in [0.25, 0.3) is 6.08 Å². The molecular weight excluding hydrogens is 264 g/mol. The van der Waals surface area contributed by atoms with Crippen LogP contribution in [0.2, 0.25) is 0 Å². The average Bonchev–Trinajstić information content (AvgIpc) is 3.10. The summed E-state index contributed by atoms with van der Waals surface area (Å²) in [6, 6.07) is 10.2. The van der Waals surface area contributed by atoms with Gasteiger partial charge in [-0.3, -0.25) is 0 Å². The van der Waals surface area contributed by atoms with Crippen molar-refractivity contribution in [3.05, 3.63) is 65.8 Å². The highest BCUT2D eigenvalue weighted by atomic mass is 15.4. The van der Waals surface area contributed by atoms with Crippen LogP contribution in [0.3, 0.4) is 0 Å². The van der Waals surface area contributed by atoms with E-state index in [1.165, 1.54) is 5.56 Å². The van der Waals surface area contributed by atoms with Gasteiger partial charge >= 0.3 is 0 Å². The SMILES string of the molecule is Nc1ncc(Cc2cn(CC=Cc3ccccc3)nn2)[nH]1. The molecule has 2 aromatic heterocycles. The first-order chi connectivity index (χ1) is 10.3. The second-order valence-corrected chi connectivity index (χ2v) is 4.72. The lowest BCUT2D eigenvalue weighted by atomic mass is 10.2. The third-order valence-corrected chi connectivity index (χ3v) is 3.01. The van der Waals surface area contributed by atoms with Crippen LogP contribution in [0.15, 0.2) is 48.8 Å². The standard InChI is InChI=1S/C15H16N6/c16-15-17-10-13(18-15)9-14-11-21(20-19-14)8-4-7-12-5-2-1-3-6-12/h1-7,10-11H,8-9H2,(H3,16,17,18). The zero-order valence-corrected chi connectivity index (χ0v) is 11.5. The number of imidazole rings is 1. The Bertz CT molecular complexity index is 725. The Hall–Kier alpha value is -2.89. The lowest BCUT2D eigenvalue weighted by Gasteiger charge is -1.94. The molecular formula is C15H16N6. The van der Waals surface area contributed by atoms with Crippen molar-refractivity contribution in [2.45, 2.75) is 13.0 Å². The minimum Gasteiger partial charge on any atom is -0.369 e. The van der Waals surface area contributed by atoms with E-state index in [1.54, 1.807) is 10.9 Å². The maximum absolute atomic E-state index is 5.54. The van der Waals surface area contributed by atoms with E-state index in [1.807, 2.05) is 24.4 Å². The molecule has 0 aliphatic rings. The molecule has 6 nitrogen and oxygen atoms in total. The highest BCUT2D eigenvalue weighted by molar-refractivity contribution is 5.48. The van der Waals surface area contributed by atoms with E-state index in [2.05, 4.69) is 44.6 Å². The molecule has 2 heterocycles. The second kappa shape index (κ2) is 6.04. The van der Waals surface area contributed by atoms with Gasteiger partial charge in [0.05, 0.1) is 18.4 Å². The van der Waals surface area contributed by atoms with Gasteiger partial charge in [-0.2, -0.15) is 0 Å². The first-order valence-electron chi connectivity index (χ1n) is 6.69. The van der Waals surface area contributed by atoms with E-state index in [0.717, 1.165) is 11.4 Å². The van der Waals surface area contributed by atoms with Crippen molar-refractivity contribution in [2.24, 2.45) is 0 Å². The summed E-state index contributed by atoms with van der Waals surface area (Å²) in [6.07, 6.45) is 8.40. The number of benzene rings is 1.